The first-order valence-corrected chi connectivity index (χ1v) is 8.11. The van der Waals surface area contributed by atoms with Crippen LogP contribution in [0.5, 0.6) is 0 Å². The maximum Gasteiger partial charge on any atom is 0.142 e. The molecule has 0 saturated carbocycles. The minimum Gasteiger partial charge on any atom is -0.304 e. The molecule has 6 heteroatoms. The van der Waals surface area contributed by atoms with E-state index in [0.717, 1.165) is 24.2 Å². The van der Waals surface area contributed by atoms with Crippen molar-refractivity contribution >= 4 is 11.6 Å². The van der Waals surface area contributed by atoms with Gasteiger partial charge in [0.15, 0.2) is 0 Å². The molecule has 0 unspecified atom stereocenters. The van der Waals surface area contributed by atoms with Gasteiger partial charge in [-0.25, -0.2) is 4.39 Å². The van der Waals surface area contributed by atoms with Crippen molar-refractivity contribution < 1.29 is 4.39 Å². The van der Waals surface area contributed by atoms with Gasteiger partial charge in [-0.05, 0) is 38.1 Å². The summed E-state index contributed by atoms with van der Waals surface area (Å²) in [4.78, 5) is 10.7. The van der Waals surface area contributed by atoms with Gasteiger partial charge in [-0.15, -0.1) is 0 Å². The molecule has 3 atom stereocenters. The van der Waals surface area contributed by atoms with Gasteiger partial charge in [-0.3, -0.25) is 14.9 Å². The number of halogens is 2. The van der Waals surface area contributed by atoms with Crippen molar-refractivity contribution in [3.63, 3.8) is 0 Å². The van der Waals surface area contributed by atoms with Gasteiger partial charge in [-0.1, -0.05) is 17.7 Å². The van der Waals surface area contributed by atoms with Crippen LogP contribution in [0.2, 0.25) is 5.02 Å². The Hall–Kier alpha value is -1.56. The summed E-state index contributed by atoms with van der Waals surface area (Å²) in [6.45, 7) is 3.03. The van der Waals surface area contributed by atoms with E-state index in [0.29, 0.717) is 0 Å². The molecule has 2 aromatic rings. The van der Waals surface area contributed by atoms with Crippen molar-refractivity contribution in [1.29, 1.82) is 0 Å². The highest BCUT2D eigenvalue weighted by Crippen LogP contribution is 2.33. The fourth-order valence-electron chi connectivity index (χ4n) is 3.25. The number of hydrogen-bond donors (Lipinski definition) is 1. The van der Waals surface area contributed by atoms with E-state index in [1.165, 1.54) is 6.07 Å². The van der Waals surface area contributed by atoms with Crippen molar-refractivity contribution in [2.75, 3.05) is 13.6 Å². The molecule has 2 heterocycles. The first-order valence-electron chi connectivity index (χ1n) is 7.73. The number of nitrogens with one attached hydrogen (secondary N) is 1. The molecule has 0 bridgehead atoms. The minimum atomic E-state index is -0.370. The molecular formula is C17H20ClFN4. The predicted molar refractivity (Wildman–Crippen MR) is 88.8 cm³/mol. The van der Waals surface area contributed by atoms with Crippen LogP contribution in [0.4, 0.5) is 4.39 Å². The standard InChI is InChI=1S/C17H20ClFN4/c1-11(16-10-20-6-7-21-16)22-15-5-8-23(2)17(15)12-3-4-13(18)14(19)9-12/h3-4,6-7,9-11,15,17,22H,5,8H2,1-2H3/t11-,15-,17+/m0/s1. The van der Waals surface area contributed by atoms with Gasteiger partial charge < -0.3 is 5.32 Å². The Morgan fingerprint density at radius 2 is 2.22 bits per heavy atom. The number of rotatable bonds is 4. The van der Waals surface area contributed by atoms with Crippen molar-refractivity contribution in [2.45, 2.75) is 31.5 Å². The van der Waals surface area contributed by atoms with Gasteiger partial charge in [0.2, 0.25) is 0 Å². The summed E-state index contributed by atoms with van der Waals surface area (Å²) in [5, 5.41) is 3.77. The van der Waals surface area contributed by atoms with Crippen molar-refractivity contribution in [3.05, 3.63) is 58.9 Å². The van der Waals surface area contributed by atoms with Crippen LogP contribution in [-0.4, -0.2) is 34.5 Å². The van der Waals surface area contributed by atoms with Crippen LogP contribution in [0.3, 0.4) is 0 Å². The van der Waals surface area contributed by atoms with E-state index in [1.54, 1.807) is 24.7 Å². The van der Waals surface area contributed by atoms with Crippen LogP contribution >= 0.6 is 11.6 Å². The monoisotopic (exact) mass is 334 g/mol. The second-order valence-corrected chi connectivity index (χ2v) is 6.42. The molecule has 1 aliphatic heterocycles. The molecular weight excluding hydrogens is 315 g/mol. The number of benzene rings is 1. The fourth-order valence-corrected chi connectivity index (χ4v) is 3.36. The topological polar surface area (TPSA) is 41.0 Å². The Morgan fingerprint density at radius 1 is 1.39 bits per heavy atom. The normalized spacial score (nSPS) is 23.1. The molecule has 0 aliphatic carbocycles. The number of hydrogen-bond acceptors (Lipinski definition) is 4. The quantitative estimate of drug-likeness (QED) is 0.930. The van der Waals surface area contributed by atoms with Crippen LogP contribution in [0.1, 0.15) is 36.7 Å². The predicted octanol–water partition coefficient (Wildman–Crippen LogP) is 3.37. The molecule has 4 nitrogen and oxygen atoms in total. The first-order chi connectivity index (χ1) is 11.1. The maximum atomic E-state index is 13.8. The minimum absolute atomic E-state index is 0.0832. The van der Waals surface area contributed by atoms with Crippen LogP contribution < -0.4 is 5.32 Å². The van der Waals surface area contributed by atoms with E-state index in [2.05, 4.69) is 34.2 Å². The van der Waals surface area contributed by atoms with E-state index < -0.39 is 0 Å². The molecule has 0 amide bonds. The zero-order chi connectivity index (χ0) is 16.4. The zero-order valence-corrected chi connectivity index (χ0v) is 14.0. The average Bonchev–Trinajstić information content (AvgIpc) is 2.91. The number of likely N-dealkylation sites (tertiary alicyclic amines) is 1. The second kappa shape index (κ2) is 6.91. The van der Waals surface area contributed by atoms with Gasteiger partial charge in [0.05, 0.1) is 10.7 Å². The largest absolute Gasteiger partial charge is 0.304 e. The lowest BCUT2D eigenvalue weighted by Crippen LogP contribution is -2.36. The smallest absolute Gasteiger partial charge is 0.142 e. The molecule has 23 heavy (non-hydrogen) atoms. The Bertz CT molecular complexity index is 667. The third-order valence-corrected chi connectivity index (χ3v) is 4.73. The molecule has 3 rings (SSSR count). The molecule has 1 saturated heterocycles. The summed E-state index contributed by atoms with van der Waals surface area (Å²) in [7, 11) is 2.06. The third kappa shape index (κ3) is 3.52. The molecule has 1 aliphatic rings. The molecule has 1 N–H and O–H groups in total. The molecule has 1 fully saturated rings. The summed E-state index contributed by atoms with van der Waals surface area (Å²) in [5.41, 5.74) is 1.85. The summed E-state index contributed by atoms with van der Waals surface area (Å²) >= 11 is 5.81. The van der Waals surface area contributed by atoms with Crippen molar-refractivity contribution in [2.24, 2.45) is 0 Å². The highest BCUT2D eigenvalue weighted by atomic mass is 35.5. The van der Waals surface area contributed by atoms with Crippen LogP contribution in [0.25, 0.3) is 0 Å². The van der Waals surface area contributed by atoms with E-state index in [1.807, 2.05) is 6.07 Å². The summed E-state index contributed by atoms with van der Waals surface area (Å²) < 4.78 is 13.8. The molecule has 1 aromatic heterocycles. The van der Waals surface area contributed by atoms with Gasteiger partial charge in [0, 0.05) is 43.3 Å². The Balaban J connectivity index is 1.79. The molecule has 0 radical (unpaired) electrons. The lowest BCUT2D eigenvalue weighted by molar-refractivity contribution is 0.277. The average molecular weight is 335 g/mol. The lowest BCUT2D eigenvalue weighted by atomic mass is 9.99. The molecule has 0 spiro atoms. The Morgan fingerprint density at radius 3 is 2.91 bits per heavy atom. The number of nitrogens with zero attached hydrogens (tertiary/aromatic N) is 3. The third-order valence-electron chi connectivity index (χ3n) is 4.42. The van der Waals surface area contributed by atoms with Crippen molar-refractivity contribution in [1.82, 2.24) is 20.2 Å². The first kappa shape index (κ1) is 16.3. The van der Waals surface area contributed by atoms with Crippen molar-refractivity contribution in [3.8, 4) is 0 Å². The van der Waals surface area contributed by atoms with E-state index >= 15 is 0 Å². The number of likely N-dealkylation sites (N-methyl/N-ethyl adjacent to an activating group) is 1. The van der Waals surface area contributed by atoms with Gasteiger partial charge >= 0.3 is 0 Å². The van der Waals surface area contributed by atoms with Crippen LogP contribution in [0.15, 0.2) is 36.8 Å². The molecule has 122 valence electrons. The number of aromatic nitrogens is 2. The Labute approximate surface area is 140 Å². The zero-order valence-electron chi connectivity index (χ0n) is 13.2. The summed E-state index contributed by atoms with van der Waals surface area (Å²) in [5.74, 6) is -0.370. The maximum absolute atomic E-state index is 13.8. The highest BCUT2D eigenvalue weighted by Gasteiger charge is 2.34. The highest BCUT2D eigenvalue weighted by molar-refractivity contribution is 6.30. The van der Waals surface area contributed by atoms with E-state index in [9.17, 15) is 4.39 Å². The SMILES string of the molecule is C[C@H](N[C@H]1CCN(C)[C@@H]1c1ccc(Cl)c(F)c1)c1cnccn1. The van der Waals surface area contributed by atoms with Gasteiger partial charge in [-0.2, -0.15) is 0 Å². The van der Waals surface area contributed by atoms with Gasteiger partial charge in [0.1, 0.15) is 5.82 Å². The fraction of sp³-hybridized carbons (Fsp3) is 0.412. The summed E-state index contributed by atoms with van der Waals surface area (Å²) in [6, 6.07) is 5.48. The summed E-state index contributed by atoms with van der Waals surface area (Å²) in [6.07, 6.45) is 6.13. The van der Waals surface area contributed by atoms with E-state index in [-0.39, 0.29) is 29.0 Å². The van der Waals surface area contributed by atoms with Gasteiger partial charge in [0.25, 0.3) is 0 Å². The molecule has 1 aromatic carbocycles. The second-order valence-electron chi connectivity index (χ2n) is 6.01. The lowest BCUT2D eigenvalue weighted by Gasteiger charge is -2.28. The Kier molecular flexibility index (Phi) is 4.90. The van der Waals surface area contributed by atoms with Crippen LogP contribution in [0, 0.1) is 5.82 Å². The van der Waals surface area contributed by atoms with E-state index in [4.69, 9.17) is 11.6 Å². The van der Waals surface area contributed by atoms with Crippen LogP contribution in [-0.2, 0) is 0 Å².